The van der Waals surface area contributed by atoms with Gasteiger partial charge < -0.3 is 10.6 Å². The Hall–Kier alpha value is -1.11. The highest BCUT2D eigenvalue weighted by Gasteiger charge is 2.30. The molecule has 2 rings (SSSR count). The molecule has 1 aromatic rings. The third kappa shape index (κ3) is 2.75. The fraction of sp³-hybridized carbons (Fsp3) is 0.538. The van der Waals surface area contributed by atoms with Gasteiger partial charge in [-0.25, -0.2) is 8.42 Å². The minimum Gasteiger partial charge on any atom is -0.399 e. The Morgan fingerprint density at radius 2 is 2.00 bits per heavy atom. The minimum atomic E-state index is -3.41. The predicted molar refractivity (Wildman–Crippen MR) is 76.4 cm³/mol. The molecular weight excluding hydrogens is 262 g/mol. The summed E-state index contributed by atoms with van der Waals surface area (Å²) in [5.74, 6) is 0. The van der Waals surface area contributed by atoms with E-state index in [4.69, 9.17) is 5.73 Å². The highest BCUT2D eigenvalue weighted by Crippen LogP contribution is 2.22. The fourth-order valence-corrected chi connectivity index (χ4v) is 3.79. The molecule has 19 heavy (non-hydrogen) atoms. The van der Waals surface area contributed by atoms with E-state index in [0.717, 1.165) is 12.1 Å². The Labute approximate surface area is 115 Å². The molecule has 0 radical (unpaired) electrons. The van der Waals surface area contributed by atoms with Crippen LogP contribution in [0.4, 0.5) is 5.69 Å². The lowest BCUT2D eigenvalue weighted by Gasteiger charge is -2.36. The Kier molecular flexibility index (Phi) is 3.85. The molecule has 106 valence electrons. The Bertz CT molecular complexity index is 571. The summed E-state index contributed by atoms with van der Waals surface area (Å²) in [6.07, 6.45) is 0. The van der Waals surface area contributed by atoms with E-state index < -0.39 is 10.0 Å². The lowest BCUT2D eigenvalue weighted by Crippen LogP contribution is -2.51. The molecule has 1 saturated heterocycles. The molecule has 0 aromatic heterocycles. The monoisotopic (exact) mass is 283 g/mol. The van der Waals surface area contributed by atoms with Gasteiger partial charge in [0.05, 0.1) is 4.90 Å². The number of nitrogens with zero attached hydrogens (tertiary/aromatic N) is 2. The van der Waals surface area contributed by atoms with Gasteiger partial charge in [-0.1, -0.05) is 0 Å². The molecule has 1 aliphatic rings. The molecule has 1 aromatic carbocycles. The van der Waals surface area contributed by atoms with Crippen molar-refractivity contribution < 1.29 is 8.42 Å². The lowest BCUT2D eigenvalue weighted by atomic mass is 10.2. The summed E-state index contributed by atoms with van der Waals surface area (Å²) in [5, 5.41) is 0. The summed E-state index contributed by atoms with van der Waals surface area (Å²) in [6.45, 7) is 5.68. The van der Waals surface area contributed by atoms with Crippen molar-refractivity contribution in [1.82, 2.24) is 9.21 Å². The summed E-state index contributed by atoms with van der Waals surface area (Å²) in [7, 11) is -1.39. The van der Waals surface area contributed by atoms with Crippen LogP contribution in [0.2, 0.25) is 0 Å². The van der Waals surface area contributed by atoms with Gasteiger partial charge in [0.25, 0.3) is 0 Å². The van der Waals surface area contributed by atoms with Gasteiger partial charge in [0.15, 0.2) is 0 Å². The van der Waals surface area contributed by atoms with Crippen LogP contribution in [-0.4, -0.2) is 50.3 Å². The number of nitrogens with two attached hydrogens (primary N) is 1. The molecule has 5 nitrogen and oxygen atoms in total. The van der Waals surface area contributed by atoms with Crippen LogP contribution in [0.1, 0.15) is 12.5 Å². The SMILES string of the molecule is Cc1cc(S(=O)(=O)N2CCN(C)C(C)C2)ccc1N. The maximum Gasteiger partial charge on any atom is 0.243 e. The number of aryl methyl sites for hydroxylation is 1. The number of nitrogen functional groups attached to an aromatic ring is 1. The Morgan fingerprint density at radius 1 is 1.32 bits per heavy atom. The third-order valence-electron chi connectivity index (χ3n) is 3.80. The van der Waals surface area contributed by atoms with Crippen LogP contribution >= 0.6 is 0 Å². The quantitative estimate of drug-likeness (QED) is 0.819. The van der Waals surface area contributed by atoms with Crippen LogP contribution < -0.4 is 5.73 Å². The third-order valence-corrected chi connectivity index (χ3v) is 5.66. The summed E-state index contributed by atoms with van der Waals surface area (Å²) in [6, 6.07) is 5.12. The molecule has 0 saturated carbocycles. The van der Waals surface area contributed by atoms with Gasteiger partial charge in [0.1, 0.15) is 0 Å². The number of piperazine rings is 1. The van der Waals surface area contributed by atoms with E-state index in [1.807, 2.05) is 20.9 Å². The number of hydrogen-bond acceptors (Lipinski definition) is 4. The molecule has 1 fully saturated rings. The molecule has 6 heteroatoms. The molecule has 0 spiro atoms. The van der Waals surface area contributed by atoms with E-state index in [9.17, 15) is 8.42 Å². The normalized spacial score (nSPS) is 22.6. The highest BCUT2D eigenvalue weighted by atomic mass is 32.2. The summed E-state index contributed by atoms with van der Waals surface area (Å²) in [4.78, 5) is 2.50. The molecule has 1 atom stereocenters. The minimum absolute atomic E-state index is 0.235. The highest BCUT2D eigenvalue weighted by molar-refractivity contribution is 7.89. The van der Waals surface area contributed by atoms with Gasteiger partial charge in [0.2, 0.25) is 10.0 Å². The molecule has 2 N–H and O–H groups in total. The first-order chi connectivity index (χ1) is 8.82. The number of sulfonamides is 1. The zero-order valence-corrected chi connectivity index (χ0v) is 12.4. The van der Waals surface area contributed by atoms with Gasteiger partial charge in [-0.15, -0.1) is 0 Å². The van der Waals surface area contributed by atoms with Crippen molar-refractivity contribution in [2.45, 2.75) is 24.8 Å². The van der Waals surface area contributed by atoms with Crippen molar-refractivity contribution in [2.75, 3.05) is 32.4 Å². The largest absolute Gasteiger partial charge is 0.399 e. The van der Waals surface area contributed by atoms with Crippen molar-refractivity contribution in [3.05, 3.63) is 23.8 Å². The van der Waals surface area contributed by atoms with Crippen LogP contribution in [0.3, 0.4) is 0 Å². The lowest BCUT2D eigenvalue weighted by molar-refractivity contribution is 0.159. The molecule has 1 heterocycles. The second-order valence-electron chi connectivity index (χ2n) is 5.21. The Balaban J connectivity index is 2.29. The average Bonchev–Trinajstić information content (AvgIpc) is 2.35. The molecule has 0 aliphatic carbocycles. The van der Waals surface area contributed by atoms with Crippen molar-refractivity contribution >= 4 is 15.7 Å². The van der Waals surface area contributed by atoms with Crippen LogP contribution in [0, 0.1) is 6.92 Å². The van der Waals surface area contributed by atoms with Crippen molar-refractivity contribution in [3.8, 4) is 0 Å². The first kappa shape index (κ1) is 14.3. The molecule has 0 bridgehead atoms. The number of rotatable bonds is 2. The zero-order valence-electron chi connectivity index (χ0n) is 11.6. The number of hydrogen-bond donors (Lipinski definition) is 1. The molecule has 0 amide bonds. The van der Waals surface area contributed by atoms with E-state index in [-0.39, 0.29) is 6.04 Å². The summed E-state index contributed by atoms with van der Waals surface area (Å²) < 4.78 is 26.7. The summed E-state index contributed by atoms with van der Waals surface area (Å²) >= 11 is 0. The van der Waals surface area contributed by atoms with E-state index in [1.54, 1.807) is 22.5 Å². The standard InChI is InChI=1S/C13H21N3O2S/c1-10-8-12(4-5-13(10)14)19(17,18)16-7-6-15(3)11(2)9-16/h4-5,8,11H,6-7,9,14H2,1-3H3. The van der Waals surface area contributed by atoms with Crippen LogP contribution in [0.25, 0.3) is 0 Å². The van der Waals surface area contributed by atoms with E-state index in [0.29, 0.717) is 23.7 Å². The number of likely N-dealkylation sites (N-methyl/N-ethyl adjacent to an activating group) is 1. The smallest absolute Gasteiger partial charge is 0.243 e. The maximum atomic E-state index is 12.6. The first-order valence-electron chi connectivity index (χ1n) is 6.39. The molecule has 1 aliphatic heterocycles. The van der Waals surface area contributed by atoms with Crippen LogP contribution in [-0.2, 0) is 10.0 Å². The number of benzene rings is 1. The first-order valence-corrected chi connectivity index (χ1v) is 7.83. The summed E-state index contributed by atoms with van der Waals surface area (Å²) in [5.41, 5.74) is 7.15. The van der Waals surface area contributed by atoms with Crippen molar-refractivity contribution in [1.29, 1.82) is 0 Å². The zero-order chi connectivity index (χ0) is 14.2. The second kappa shape index (κ2) is 5.11. The van der Waals surface area contributed by atoms with Gasteiger partial charge in [0, 0.05) is 31.4 Å². The topological polar surface area (TPSA) is 66.6 Å². The predicted octanol–water partition coefficient (Wildman–Crippen LogP) is 0.902. The van der Waals surface area contributed by atoms with E-state index >= 15 is 0 Å². The van der Waals surface area contributed by atoms with Gasteiger partial charge in [-0.2, -0.15) is 4.31 Å². The van der Waals surface area contributed by atoms with Crippen molar-refractivity contribution in [3.63, 3.8) is 0 Å². The molecule has 1 unspecified atom stereocenters. The Morgan fingerprint density at radius 3 is 2.58 bits per heavy atom. The average molecular weight is 283 g/mol. The van der Waals surface area contributed by atoms with Gasteiger partial charge in [-0.05, 0) is 44.7 Å². The maximum absolute atomic E-state index is 12.6. The van der Waals surface area contributed by atoms with Crippen molar-refractivity contribution in [2.24, 2.45) is 0 Å². The van der Waals surface area contributed by atoms with Gasteiger partial charge >= 0.3 is 0 Å². The van der Waals surface area contributed by atoms with Crippen LogP contribution in [0.5, 0.6) is 0 Å². The van der Waals surface area contributed by atoms with E-state index in [2.05, 4.69) is 4.90 Å². The fourth-order valence-electron chi connectivity index (χ4n) is 2.19. The molecular formula is C13H21N3O2S. The number of anilines is 1. The van der Waals surface area contributed by atoms with E-state index in [1.165, 1.54) is 0 Å². The van der Waals surface area contributed by atoms with Crippen LogP contribution in [0.15, 0.2) is 23.1 Å². The second-order valence-corrected chi connectivity index (χ2v) is 7.15. The van der Waals surface area contributed by atoms with Gasteiger partial charge in [-0.3, -0.25) is 0 Å².